The van der Waals surface area contributed by atoms with E-state index >= 15 is 0 Å². The summed E-state index contributed by atoms with van der Waals surface area (Å²) in [6, 6.07) is 5.12. The Labute approximate surface area is 131 Å². The highest BCUT2D eigenvalue weighted by Gasteiger charge is 2.17. The van der Waals surface area contributed by atoms with Gasteiger partial charge in [-0.1, -0.05) is 11.3 Å². The van der Waals surface area contributed by atoms with Gasteiger partial charge in [0.05, 0.1) is 19.9 Å². The zero-order valence-electron chi connectivity index (χ0n) is 11.8. The van der Waals surface area contributed by atoms with Crippen molar-refractivity contribution in [3.63, 3.8) is 0 Å². The number of carbonyl (C=O) groups excluding carboxylic acids is 1. The van der Waals surface area contributed by atoms with Gasteiger partial charge in [0.2, 0.25) is 0 Å². The van der Waals surface area contributed by atoms with Crippen LogP contribution in [-0.2, 0) is 7.05 Å². The van der Waals surface area contributed by atoms with Crippen molar-refractivity contribution in [1.82, 2.24) is 4.57 Å². The normalized spacial score (nSPS) is 10.2. The summed E-state index contributed by atoms with van der Waals surface area (Å²) in [5.74, 6) is 1.16. The molecule has 112 valence electrons. The number of carbonyl (C=O) groups is 1. The van der Waals surface area contributed by atoms with Gasteiger partial charge in [0.1, 0.15) is 22.2 Å². The fraction of sp³-hybridized carbons (Fsp3) is 0.231. The van der Waals surface area contributed by atoms with E-state index in [4.69, 9.17) is 27.4 Å². The van der Waals surface area contributed by atoms with Crippen LogP contribution in [0.5, 0.6) is 11.5 Å². The number of amides is 1. The maximum atomic E-state index is 12.3. The summed E-state index contributed by atoms with van der Waals surface area (Å²) in [5.41, 5.74) is 6.40. The van der Waals surface area contributed by atoms with Gasteiger partial charge in [-0.25, -0.2) is 0 Å². The predicted molar refractivity (Wildman–Crippen MR) is 86.0 cm³/mol. The maximum absolute atomic E-state index is 12.3. The number of nitrogens with one attached hydrogen (secondary N) is 1. The van der Waals surface area contributed by atoms with E-state index in [-0.39, 0.29) is 5.91 Å². The summed E-state index contributed by atoms with van der Waals surface area (Å²) in [7, 11) is 4.80. The number of hydrogen-bond acceptors (Lipinski definition) is 6. The Bertz CT molecular complexity index is 737. The zero-order valence-corrected chi connectivity index (χ0v) is 13.4. The Morgan fingerprint density at radius 1 is 1.38 bits per heavy atom. The molecular weight excluding hydrogens is 310 g/mol. The number of nitrogens with two attached hydrogens (primary N) is 1. The van der Waals surface area contributed by atoms with E-state index < -0.39 is 0 Å². The topological polar surface area (TPSA) is 78.5 Å². The minimum atomic E-state index is -0.326. The second-order valence-electron chi connectivity index (χ2n) is 4.16. The third-order valence-electron chi connectivity index (χ3n) is 2.92. The van der Waals surface area contributed by atoms with E-state index in [1.54, 1.807) is 36.9 Å². The molecule has 0 saturated heterocycles. The lowest BCUT2D eigenvalue weighted by molar-refractivity contribution is 0.103. The quantitative estimate of drug-likeness (QED) is 0.845. The van der Waals surface area contributed by atoms with Crippen molar-refractivity contribution < 1.29 is 14.3 Å². The molecule has 1 aromatic carbocycles. The lowest BCUT2D eigenvalue weighted by atomic mass is 10.2. The number of anilines is 2. The molecule has 0 aliphatic carbocycles. The van der Waals surface area contributed by atoms with Gasteiger partial charge in [-0.2, -0.15) is 0 Å². The number of methoxy groups -OCH3 is 2. The zero-order chi connectivity index (χ0) is 15.6. The maximum Gasteiger partial charge on any atom is 0.269 e. The Morgan fingerprint density at radius 2 is 2.10 bits per heavy atom. The molecule has 0 radical (unpaired) electrons. The number of rotatable bonds is 4. The first-order chi connectivity index (χ1) is 9.97. The molecule has 0 saturated carbocycles. The number of hydrogen-bond donors (Lipinski definition) is 2. The molecule has 0 spiro atoms. The molecule has 1 aromatic heterocycles. The fourth-order valence-corrected chi connectivity index (χ4v) is 2.85. The van der Waals surface area contributed by atoms with Crippen LogP contribution in [0.3, 0.4) is 0 Å². The van der Waals surface area contributed by atoms with Crippen molar-refractivity contribution in [1.29, 1.82) is 0 Å². The van der Waals surface area contributed by atoms with E-state index in [1.165, 1.54) is 7.11 Å². The van der Waals surface area contributed by atoms with E-state index in [0.717, 1.165) is 11.3 Å². The summed E-state index contributed by atoms with van der Waals surface area (Å²) >= 11 is 6.27. The SMILES string of the molecule is COc1ccc(NC(=O)c2sc(=S)n(C)c2N)c(OC)c1. The number of nitrogen functional groups attached to an aromatic ring is 1. The number of thiazole rings is 1. The second kappa shape index (κ2) is 6.15. The minimum Gasteiger partial charge on any atom is -0.497 e. The number of benzene rings is 1. The molecule has 1 heterocycles. The molecule has 0 fully saturated rings. The van der Waals surface area contributed by atoms with Crippen LogP contribution in [0.15, 0.2) is 18.2 Å². The van der Waals surface area contributed by atoms with Crippen LogP contribution in [0.4, 0.5) is 11.5 Å². The lowest BCUT2D eigenvalue weighted by Crippen LogP contribution is -2.13. The Kier molecular flexibility index (Phi) is 4.49. The standard InChI is InChI=1S/C13H15N3O3S2/c1-16-11(14)10(21-13(16)20)12(17)15-8-5-4-7(18-2)6-9(8)19-3/h4-6H,14H2,1-3H3,(H,15,17). The van der Waals surface area contributed by atoms with Crippen molar-refractivity contribution in [3.8, 4) is 11.5 Å². The van der Waals surface area contributed by atoms with E-state index in [2.05, 4.69) is 5.32 Å². The summed E-state index contributed by atoms with van der Waals surface area (Å²) in [6.07, 6.45) is 0. The molecular formula is C13H15N3O3S2. The molecule has 6 nitrogen and oxygen atoms in total. The minimum absolute atomic E-state index is 0.326. The predicted octanol–water partition coefficient (Wildman–Crippen LogP) is 2.67. The highest BCUT2D eigenvalue weighted by atomic mass is 32.1. The van der Waals surface area contributed by atoms with Crippen LogP contribution in [0.2, 0.25) is 0 Å². The van der Waals surface area contributed by atoms with Gasteiger partial charge in [-0.05, 0) is 24.4 Å². The van der Waals surface area contributed by atoms with Crippen molar-refractivity contribution in [2.45, 2.75) is 0 Å². The second-order valence-corrected chi connectivity index (χ2v) is 5.81. The summed E-state index contributed by atoms with van der Waals surface area (Å²) in [6.45, 7) is 0. The Morgan fingerprint density at radius 3 is 2.62 bits per heavy atom. The van der Waals surface area contributed by atoms with Crippen LogP contribution >= 0.6 is 23.6 Å². The van der Waals surface area contributed by atoms with E-state index in [0.29, 0.717) is 31.8 Å². The van der Waals surface area contributed by atoms with Crippen LogP contribution in [0.25, 0.3) is 0 Å². The number of ether oxygens (including phenoxy) is 2. The molecule has 0 aliphatic rings. The van der Waals surface area contributed by atoms with E-state index in [1.807, 2.05) is 0 Å². The molecule has 3 N–H and O–H groups in total. The third-order valence-corrected chi connectivity index (χ3v) is 4.49. The summed E-state index contributed by atoms with van der Waals surface area (Å²) < 4.78 is 12.5. The van der Waals surface area contributed by atoms with Gasteiger partial charge >= 0.3 is 0 Å². The number of aromatic nitrogens is 1. The first kappa shape index (κ1) is 15.3. The number of nitrogens with zero attached hydrogens (tertiary/aromatic N) is 1. The van der Waals surface area contributed by atoms with Gasteiger partial charge in [-0.3, -0.25) is 4.79 Å². The van der Waals surface area contributed by atoms with Gasteiger partial charge in [0, 0.05) is 13.1 Å². The van der Waals surface area contributed by atoms with Gasteiger partial charge < -0.3 is 25.1 Å². The first-order valence-corrected chi connectivity index (χ1v) is 7.19. The Balaban J connectivity index is 2.31. The van der Waals surface area contributed by atoms with Gasteiger partial charge in [0.15, 0.2) is 3.95 Å². The smallest absolute Gasteiger partial charge is 0.269 e. The molecule has 0 bridgehead atoms. The monoisotopic (exact) mass is 325 g/mol. The average molecular weight is 325 g/mol. The van der Waals surface area contributed by atoms with Crippen LogP contribution in [0.1, 0.15) is 9.67 Å². The van der Waals surface area contributed by atoms with Crippen molar-refractivity contribution in [2.75, 3.05) is 25.3 Å². The summed E-state index contributed by atoms with van der Waals surface area (Å²) in [5, 5.41) is 2.76. The molecule has 0 atom stereocenters. The Hall–Kier alpha value is -2.06. The average Bonchev–Trinajstić information content (AvgIpc) is 2.75. The third kappa shape index (κ3) is 3.01. The van der Waals surface area contributed by atoms with Crippen molar-refractivity contribution in [3.05, 3.63) is 27.0 Å². The molecule has 21 heavy (non-hydrogen) atoms. The highest BCUT2D eigenvalue weighted by Crippen LogP contribution is 2.30. The highest BCUT2D eigenvalue weighted by molar-refractivity contribution is 7.73. The molecule has 2 rings (SSSR count). The van der Waals surface area contributed by atoms with E-state index in [9.17, 15) is 4.79 Å². The van der Waals surface area contributed by atoms with Crippen molar-refractivity contribution in [2.24, 2.45) is 7.05 Å². The van der Waals surface area contributed by atoms with Crippen LogP contribution in [0, 0.1) is 3.95 Å². The van der Waals surface area contributed by atoms with Gasteiger partial charge in [0.25, 0.3) is 5.91 Å². The lowest BCUT2D eigenvalue weighted by Gasteiger charge is -2.11. The summed E-state index contributed by atoms with van der Waals surface area (Å²) in [4.78, 5) is 12.7. The molecule has 1 amide bonds. The molecule has 8 heteroatoms. The first-order valence-electron chi connectivity index (χ1n) is 5.96. The van der Waals surface area contributed by atoms with Crippen LogP contribution in [-0.4, -0.2) is 24.7 Å². The molecule has 0 unspecified atom stereocenters. The van der Waals surface area contributed by atoms with Gasteiger partial charge in [-0.15, -0.1) is 0 Å². The fourth-order valence-electron chi connectivity index (χ4n) is 1.70. The van der Waals surface area contributed by atoms with Crippen molar-refractivity contribution >= 4 is 41.0 Å². The molecule has 0 aliphatic heterocycles. The molecule has 2 aromatic rings. The van der Waals surface area contributed by atoms with Crippen LogP contribution < -0.4 is 20.5 Å². The largest absolute Gasteiger partial charge is 0.497 e.